The molecule has 0 fully saturated rings. The predicted molar refractivity (Wildman–Crippen MR) is 238 cm³/mol. The minimum absolute atomic E-state index is 0.508. The smallest absolute Gasteiger partial charge is 0.240 e. The molecule has 268 valence electrons. The summed E-state index contributed by atoms with van der Waals surface area (Å²) in [5, 5.41) is -7.23. The molecule has 11 rings (SSSR count). The number of hydrogen-bond acceptors (Lipinski definition) is 3. The number of hydrogen-bond donors (Lipinski definition) is 0. The SMILES string of the molecule is [2H]c1cc([2H])c2c(c1[2H])c1c([2H])c([2H])c([2H])c([2H])c1n2-c1nc(-c2c([2H])c([2H])c([2H])c([Si](c3c([2H])c([2H])c([2H])c([2H])c3[2H])(c3c([2H])c([2H])c([2H])c([2H])c3[2H])c3c([2H])c([2H])c([2H])c([2H])c3[2H])c2[2H])nc(-n2c3c([2H])c([2H])c([2H])c([2H])c3c3c([2H])c([2H])c([2H])c([2H])c32)n1. The second kappa shape index (κ2) is 13.4. The maximum atomic E-state index is 10.5. The molecule has 0 spiro atoms. The Kier molecular flexibility index (Phi) is 3.14. The standard InChI is InChI=1S/C51H35N5Si/c1-4-20-37(21-5-1)57(38-22-6-2-7-23-38,39-24-8-3-9-25-39)40-26-18-19-36(35-40)49-52-50(55-45-31-14-10-27-41(45)42-28-11-15-32-46(42)55)54-51(53-49)56-47-33-16-12-29-43(47)44-30-13-17-34-48(44)56/h1-35H/i1D,2D,3D,4D,5D,6D,7D,8D,9D,10D,11D,12D,13D,14D,15D,16D,18D,19D,20D,21D,22D,23D,24D,25D,26D,27D,28D,29D,30D,31D,32D,33D,34D,35D. The van der Waals surface area contributed by atoms with Gasteiger partial charge in [-0.3, -0.25) is 9.13 Å². The lowest BCUT2D eigenvalue weighted by Gasteiger charge is -2.34. The molecule has 0 saturated carbocycles. The Morgan fingerprint density at radius 1 is 0.351 bits per heavy atom. The monoisotopic (exact) mass is 779 g/mol. The summed E-state index contributed by atoms with van der Waals surface area (Å²) < 4.78 is 313. The molecule has 3 heterocycles. The van der Waals surface area contributed by atoms with E-state index in [0.29, 0.717) is 4.57 Å². The van der Waals surface area contributed by atoms with Crippen LogP contribution < -0.4 is 20.7 Å². The lowest BCUT2D eigenvalue weighted by atomic mass is 10.2. The number of para-hydroxylation sites is 4. The third kappa shape index (κ3) is 5.19. The molecule has 8 aromatic carbocycles. The maximum Gasteiger partial charge on any atom is 0.240 e. The van der Waals surface area contributed by atoms with Crippen molar-refractivity contribution in [2.45, 2.75) is 0 Å². The van der Waals surface area contributed by atoms with Crippen LogP contribution in [0.15, 0.2) is 212 Å². The minimum atomic E-state index is -6.58. The fraction of sp³-hybridized carbons (Fsp3) is 0. The highest BCUT2D eigenvalue weighted by atomic mass is 28.3. The van der Waals surface area contributed by atoms with Crippen LogP contribution in [0.2, 0.25) is 0 Å². The van der Waals surface area contributed by atoms with Crippen molar-refractivity contribution in [3.63, 3.8) is 0 Å². The van der Waals surface area contributed by atoms with E-state index in [1.54, 1.807) is 0 Å². The van der Waals surface area contributed by atoms with Gasteiger partial charge in [-0.2, -0.15) is 15.0 Å². The van der Waals surface area contributed by atoms with Gasteiger partial charge in [0.1, 0.15) is 0 Å². The predicted octanol–water partition coefficient (Wildman–Crippen LogP) is 9.11. The summed E-state index contributed by atoms with van der Waals surface area (Å²) in [5.41, 5.74) is -3.89. The van der Waals surface area contributed by atoms with Crippen molar-refractivity contribution in [1.29, 1.82) is 0 Å². The van der Waals surface area contributed by atoms with Crippen LogP contribution in [-0.4, -0.2) is 32.2 Å². The zero-order valence-corrected chi connectivity index (χ0v) is 29.3. The van der Waals surface area contributed by atoms with Crippen molar-refractivity contribution in [3.05, 3.63) is 212 Å². The molecule has 0 amide bonds. The van der Waals surface area contributed by atoms with Gasteiger partial charge < -0.3 is 0 Å². The zero-order valence-electron chi connectivity index (χ0n) is 62.3. The molecule has 5 nitrogen and oxygen atoms in total. The molecule has 0 aliphatic heterocycles. The number of fused-ring (bicyclic) bond motifs is 6. The molecule has 0 saturated heterocycles. The molecular weight excluding hydrogens is 711 g/mol. The molecule has 0 atom stereocenters. The fourth-order valence-corrected chi connectivity index (χ4v) is 10.2. The minimum Gasteiger partial charge on any atom is -0.278 e. The lowest BCUT2D eigenvalue weighted by Crippen LogP contribution is -2.74. The number of benzene rings is 8. The van der Waals surface area contributed by atoms with Crippen LogP contribution in [0.3, 0.4) is 0 Å². The summed E-state index contributed by atoms with van der Waals surface area (Å²) in [6, 6.07) is -37.1. The average molecular weight is 780 g/mol. The van der Waals surface area contributed by atoms with Crippen LogP contribution in [0.4, 0.5) is 0 Å². The molecule has 0 N–H and O–H groups in total. The van der Waals surface area contributed by atoms with Gasteiger partial charge in [0.05, 0.1) is 68.7 Å². The van der Waals surface area contributed by atoms with Crippen LogP contribution in [0, 0.1) is 0 Å². The first-order valence-corrected chi connectivity index (χ1v) is 18.5. The Balaban J connectivity index is 1.48. The summed E-state index contributed by atoms with van der Waals surface area (Å²) in [6.45, 7) is 0. The van der Waals surface area contributed by atoms with Crippen molar-refractivity contribution >= 4 is 72.4 Å². The van der Waals surface area contributed by atoms with E-state index in [4.69, 9.17) is 27.4 Å². The van der Waals surface area contributed by atoms with Crippen molar-refractivity contribution in [3.8, 4) is 23.3 Å². The van der Waals surface area contributed by atoms with Crippen LogP contribution >= 0.6 is 0 Å². The lowest BCUT2D eigenvalue weighted by molar-refractivity contribution is 0.893. The molecular formula is C51H35N5Si. The molecule has 0 radical (unpaired) electrons. The summed E-state index contributed by atoms with van der Waals surface area (Å²) in [6.07, 6.45) is 0. The number of aromatic nitrogens is 5. The highest BCUT2D eigenvalue weighted by molar-refractivity contribution is 7.19. The van der Waals surface area contributed by atoms with E-state index in [0.717, 1.165) is 10.6 Å². The maximum absolute atomic E-state index is 10.5. The second-order valence-corrected chi connectivity index (χ2v) is 15.4. The topological polar surface area (TPSA) is 48.5 Å². The molecule has 57 heavy (non-hydrogen) atoms. The average Bonchev–Trinajstić information content (AvgIpc) is 0.862. The largest absolute Gasteiger partial charge is 0.278 e. The fourth-order valence-electron chi connectivity index (χ4n) is 6.66. The van der Waals surface area contributed by atoms with Crippen molar-refractivity contribution in [1.82, 2.24) is 24.1 Å². The van der Waals surface area contributed by atoms with Crippen molar-refractivity contribution in [2.24, 2.45) is 0 Å². The van der Waals surface area contributed by atoms with Gasteiger partial charge in [-0.05, 0) is 44.9 Å². The van der Waals surface area contributed by atoms with Crippen LogP contribution in [0.5, 0.6) is 0 Å². The molecule has 6 heteroatoms. The molecule has 0 bridgehead atoms. The zero-order chi connectivity index (χ0) is 67.4. The quantitative estimate of drug-likeness (QED) is 0.120. The first-order valence-electron chi connectivity index (χ1n) is 33.5. The number of nitrogens with zero attached hydrogens (tertiary/aromatic N) is 5. The highest BCUT2D eigenvalue weighted by Gasteiger charge is 2.41. The van der Waals surface area contributed by atoms with E-state index in [1.807, 2.05) is 0 Å². The number of rotatable bonds is 7. The molecule has 0 aliphatic rings. The van der Waals surface area contributed by atoms with E-state index in [2.05, 4.69) is 15.0 Å². The Bertz CT molecular complexity index is 4920. The van der Waals surface area contributed by atoms with E-state index >= 15 is 0 Å². The summed E-state index contributed by atoms with van der Waals surface area (Å²) in [5.74, 6) is -3.29. The summed E-state index contributed by atoms with van der Waals surface area (Å²) in [7, 11) is -6.58. The van der Waals surface area contributed by atoms with Crippen LogP contribution in [0.1, 0.15) is 46.6 Å². The van der Waals surface area contributed by atoms with Crippen molar-refractivity contribution < 1.29 is 46.6 Å². The third-order valence-electron chi connectivity index (χ3n) is 8.97. The third-order valence-corrected chi connectivity index (χ3v) is 13.0. The Morgan fingerprint density at radius 2 is 0.737 bits per heavy atom. The molecule has 0 unspecified atom stereocenters. The van der Waals surface area contributed by atoms with E-state index in [9.17, 15) is 19.2 Å². The van der Waals surface area contributed by atoms with Crippen LogP contribution in [-0.2, 0) is 0 Å². The summed E-state index contributed by atoms with van der Waals surface area (Å²) >= 11 is 0. The molecule has 0 aliphatic carbocycles. The molecule has 11 aromatic rings. The first-order chi connectivity index (χ1) is 42.4. The Hall–Kier alpha value is -7.41. The van der Waals surface area contributed by atoms with Gasteiger partial charge >= 0.3 is 0 Å². The van der Waals surface area contributed by atoms with Gasteiger partial charge in [0, 0.05) is 27.1 Å². The van der Waals surface area contributed by atoms with Gasteiger partial charge in [-0.1, -0.05) is 187 Å². The van der Waals surface area contributed by atoms with Crippen LogP contribution in [0.25, 0.3) is 66.9 Å². The van der Waals surface area contributed by atoms with E-state index < -0.39 is 301 Å². The van der Waals surface area contributed by atoms with E-state index in [1.165, 1.54) is 0 Å². The Morgan fingerprint density at radius 3 is 1.21 bits per heavy atom. The van der Waals surface area contributed by atoms with E-state index in [-0.39, 0.29) is 0 Å². The second-order valence-electron chi connectivity index (χ2n) is 11.9. The Labute approximate surface area is 378 Å². The first kappa shape index (κ1) is 13.4. The van der Waals surface area contributed by atoms with Gasteiger partial charge in [-0.15, -0.1) is 0 Å². The van der Waals surface area contributed by atoms with Crippen molar-refractivity contribution in [2.75, 3.05) is 0 Å². The molecule has 3 aromatic heterocycles. The van der Waals surface area contributed by atoms with Gasteiger partial charge in [-0.25, -0.2) is 0 Å². The normalized spacial score (nSPS) is 20.2. The van der Waals surface area contributed by atoms with Gasteiger partial charge in [0.25, 0.3) is 0 Å². The summed E-state index contributed by atoms with van der Waals surface area (Å²) in [4.78, 5) is 13.7. The van der Waals surface area contributed by atoms with Gasteiger partial charge in [0.15, 0.2) is 13.9 Å². The highest BCUT2D eigenvalue weighted by Crippen LogP contribution is 2.34. The van der Waals surface area contributed by atoms with Gasteiger partial charge in [0.2, 0.25) is 11.9 Å².